The molecule has 1 aliphatic carbocycles. The van der Waals surface area contributed by atoms with Crippen molar-refractivity contribution >= 4 is 11.8 Å². The Labute approximate surface area is 85.0 Å². The molecule has 0 aromatic carbocycles. The third kappa shape index (κ3) is 3.88. The number of rotatable bonds is 4. The van der Waals surface area contributed by atoms with Gasteiger partial charge in [-0.25, -0.2) is 0 Å². The van der Waals surface area contributed by atoms with Crippen molar-refractivity contribution in [3.05, 3.63) is 0 Å². The summed E-state index contributed by atoms with van der Waals surface area (Å²) in [7, 11) is 0. The number of aliphatic hydroxyl groups excluding tert-OH is 1. The maximum Gasteiger partial charge on any atom is 0.100 e. The molecule has 0 spiro atoms. The van der Waals surface area contributed by atoms with E-state index in [0.29, 0.717) is 5.25 Å². The molecule has 0 saturated heterocycles. The first kappa shape index (κ1) is 11.3. The summed E-state index contributed by atoms with van der Waals surface area (Å²) in [5, 5.41) is 10.1. The van der Waals surface area contributed by atoms with E-state index in [1.165, 1.54) is 12.8 Å². The van der Waals surface area contributed by atoms with Gasteiger partial charge in [-0.05, 0) is 26.7 Å². The summed E-state index contributed by atoms with van der Waals surface area (Å²) in [4.78, 5) is 0. The molecule has 1 aliphatic rings. The van der Waals surface area contributed by atoms with Gasteiger partial charge in [-0.15, -0.1) is 11.8 Å². The fourth-order valence-corrected chi connectivity index (χ4v) is 3.08. The van der Waals surface area contributed by atoms with Crippen molar-refractivity contribution in [3.63, 3.8) is 0 Å². The Balaban J connectivity index is 2.25. The van der Waals surface area contributed by atoms with E-state index < -0.39 is 0 Å². The van der Waals surface area contributed by atoms with Crippen LogP contribution in [-0.2, 0) is 4.74 Å². The minimum absolute atomic E-state index is 0.110. The van der Waals surface area contributed by atoms with E-state index in [0.717, 1.165) is 19.4 Å². The highest BCUT2D eigenvalue weighted by molar-refractivity contribution is 8.00. The predicted molar refractivity (Wildman–Crippen MR) is 56.9 cm³/mol. The zero-order chi connectivity index (χ0) is 9.68. The van der Waals surface area contributed by atoms with Crippen LogP contribution in [0.15, 0.2) is 0 Å². The van der Waals surface area contributed by atoms with Gasteiger partial charge < -0.3 is 9.84 Å². The quantitative estimate of drug-likeness (QED) is 0.713. The lowest BCUT2D eigenvalue weighted by Gasteiger charge is -2.28. The van der Waals surface area contributed by atoms with E-state index in [2.05, 4.69) is 6.92 Å². The third-order valence-corrected chi connectivity index (χ3v) is 3.85. The van der Waals surface area contributed by atoms with Gasteiger partial charge in [-0.1, -0.05) is 12.8 Å². The fourth-order valence-electron chi connectivity index (χ4n) is 1.76. The molecule has 0 unspecified atom stereocenters. The first-order chi connectivity index (χ1) is 6.24. The monoisotopic (exact) mass is 204 g/mol. The van der Waals surface area contributed by atoms with E-state index in [4.69, 9.17) is 4.74 Å². The molecule has 0 bridgehead atoms. The second kappa shape index (κ2) is 5.89. The highest BCUT2D eigenvalue weighted by atomic mass is 32.2. The van der Waals surface area contributed by atoms with Crippen LogP contribution in [0, 0.1) is 0 Å². The van der Waals surface area contributed by atoms with Crippen molar-refractivity contribution in [2.75, 3.05) is 6.61 Å². The van der Waals surface area contributed by atoms with Crippen molar-refractivity contribution in [2.45, 2.75) is 56.3 Å². The van der Waals surface area contributed by atoms with Crippen LogP contribution in [0.2, 0.25) is 0 Å². The van der Waals surface area contributed by atoms with Crippen molar-refractivity contribution in [1.29, 1.82) is 0 Å². The number of thioether (sulfide) groups is 1. The molecule has 78 valence electrons. The first-order valence-electron chi connectivity index (χ1n) is 5.19. The molecule has 0 aromatic rings. The minimum atomic E-state index is -0.110. The van der Waals surface area contributed by atoms with Crippen molar-refractivity contribution in [3.8, 4) is 0 Å². The molecule has 3 heteroatoms. The van der Waals surface area contributed by atoms with Gasteiger partial charge in [-0.3, -0.25) is 0 Å². The van der Waals surface area contributed by atoms with Crippen LogP contribution in [0.1, 0.15) is 39.5 Å². The molecule has 3 atom stereocenters. The molecule has 0 heterocycles. The number of ether oxygens (including phenoxy) is 1. The maximum absolute atomic E-state index is 9.71. The van der Waals surface area contributed by atoms with Crippen LogP contribution >= 0.6 is 11.8 Å². The maximum atomic E-state index is 9.71. The van der Waals surface area contributed by atoms with Gasteiger partial charge >= 0.3 is 0 Å². The number of aliphatic hydroxyl groups is 1. The van der Waals surface area contributed by atoms with Gasteiger partial charge in [0.05, 0.1) is 6.10 Å². The van der Waals surface area contributed by atoms with Crippen LogP contribution in [0.4, 0.5) is 0 Å². The Morgan fingerprint density at radius 2 is 2.15 bits per heavy atom. The zero-order valence-electron chi connectivity index (χ0n) is 8.53. The Hall–Kier alpha value is 0.270. The lowest BCUT2D eigenvalue weighted by molar-refractivity contribution is 0.122. The van der Waals surface area contributed by atoms with Gasteiger partial charge in [0, 0.05) is 11.9 Å². The Morgan fingerprint density at radius 1 is 1.46 bits per heavy atom. The molecule has 0 aliphatic heterocycles. The third-order valence-electron chi connectivity index (χ3n) is 2.44. The second-order valence-corrected chi connectivity index (χ2v) is 5.09. The van der Waals surface area contributed by atoms with Crippen molar-refractivity contribution < 1.29 is 9.84 Å². The SMILES string of the molecule is CCO[C@H](C)S[C@H]1CCCC[C@@H]1O. The molecule has 0 aromatic heterocycles. The van der Waals surface area contributed by atoms with Crippen LogP contribution in [0.25, 0.3) is 0 Å². The summed E-state index contributed by atoms with van der Waals surface area (Å²) in [5.41, 5.74) is 0.225. The zero-order valence-corrected chi connectivity index (χ0v) is 9.35. The Kier molecular flexibility index (Phi) is 5.14. The average Bonchev–Trinajstić information content (AvgIpc) is 2.09. The van der Waals surface area contributed by atoms with E-state index in [1.807, 2.05) is 6.92 Å². The molecule has 1 saturated carbocycles. The van der Waals surface area contributed by atoms with E-state index in [-0.39, 0.29) is 11.5 Å². The molecule has 1 fully saturated rings. The molecule has 1 N–H and O–H groups in total. The van der Waals surface area contributed by atoms with Gasteiger partial charge in [0.2, 0.25) is 0 Å². The summed E-state index contributed by atoms with van der Waals surface area (Å²) < 4.78 is 5.44. The summed E-state index contributed by atoms with van der Waals surface area (Å²) in [6.07, 6.45) is 4.44. The topological polar surface area (TPSA) is 29.5 Å². The average molecular weight is 204 g/mol. The first-order valence-corrected chi connectivity index (χ1v) is 6.13. The van der Waals surface area contributed by atoms with Gasteiger partial charge in [0.25, 0.3) is 0 Å². The molecule has 0 amide bonds. The molecular formula is C10H20O2S. The molecule has 2 nitrogen and oxygen atoms in total. The largest absolute Gasteiger partial charge is 0.392 e. The lowest BCUT2D eigenvalue weighted by Crippen LogP contribution is -2.28. The van der Waals surface area contributed by atoms with Crippen molar-refractivity contribution in [2.24, 2.45) is 0 Å². The van der Waals surface area contributed by atoms with E-state index in [1.54, 1.807) is 11.8 Å². The number of hydrogen-bond acceptors (Lipinski definition) is 3. The van der Waals surface area contributed by atoms with Crippen LogP contribution in [0.3, 0.4) is 0 Å². The normalized spacial score (nSPS) is 31.6. The highest BCUT2D eigenvalue weighted by Gasteiger charge is 2.25. The lowest BCUT2D eigenvalue weighted by atomic mass is 9.97. The Bertz CT molecular complexity index is 141. The van der Waals surface area contributed by atoms with E-state index >= 15 is 0 Å². The molecule has 13 heavy (non-hydrogen) atoms. The van der Waals surface area contributed by atoms with E-state index in [9.17, 15) is 5.11 Å². The summed E-state index contributed by atoms with van der Waals surface area (Å²) in [6.45, 7) is 4.83. The number of hydrogen-bond donors (Lipinski definition) is 1. The molecular weight excluding hydrogens is 184 g/mol. The summed E-state index contributed by atoms with van der Waals surface area (Å²) in [6, 6.07) is 0. The van der Waals surface area contributed by atoms with Crippen LogP contribution in [0.5, 0.6) is 0 Å². The standard InChI is InChI=1S/C10H20O2S/c1-3-12-8(2)13-10-7-5-4-6-9(10)11/h8-11H,3-7H2,1-2H3/t8-,9-,10-/m0/s1. The van der Waals surface area contributed by atoms with Crippen molar-refractivity contribution in [1.82, 2.24) is 0 Å². The highest BCUT2D eigenvalue weighted by Crippen LogP contribution is 2.31. The predicted octanol–water partition coefficient (Wildman–Crippen LogP) is 2.41. The smallest absolute Gasteiger partial charge is 0.100 e. The Morgan fingerprint density at radius 3 is 2.77 bits per heavy atom. The van der Waals surface area contributed by atoms with Crippen LogP contribution in [-0.4, -0.2) is 28.5 Å². The van der Waals surface area contributed by atoms with Gasteiger partial charge in [-0.2, -0.15) is 0 Å². The summed E-state index contributed by atoms with van der Waals surface area (Å²) in [5.74, 6) is 0. The minimum Gasteiger partial charge on any atom is -0.392 e. The van der Waals surface area contributed by atoms with Gasteiger partial charge in [0.1, 0.15) is 5.44 Å². The fraction of sp³-hybridized carbons (Fsp3) is 1.00. The second-order valence-electron chi connectivity index (χ2n) is 3.55. The summed E-state index contributed by atoms with van der Waals surface area (Å²) >= 11 is 1.78. The molecule has 1 rings (SSSR count). The van der Waals surface area contributed by atoms with Crippen LogP contribution < -0.4 is 0 Å². The molecule has 0 radical (unpaired) electrons. The van der Waals surface area contributed by atoms with Gasteiger partial charge in [0.15, 0.2) is 0 Å².